The number of aromatic nitrogens is 3. The number of ether oxygens (including phenoxy) is 1. The number of thiazole rings is 1. The molecule has 0 saturated heterocycles. The highest BCUT2D eigenvalue weighted by molar-refractivity contribution is 7.15. The summed E-state index contributed by atoms with van der Waals surface area (Å²) in [5.41, 5.74) is -0.556. The van der Waals surface area contributed by atoms with E-state index in [4.69, 9.17) is 0 Å². The first-order valence-corrected chi connectivity index (χ1v) is 8.52. The molecule has 3 heterocycles. The van der Waals surface area contributed by atoms with Crippen molar-refractivity contribution >= 4 is 22.4 Å². The quantitative estimate of drug-likeness (QED) is 0.833. The summed E-state index contributed by atoms with van der Waals surface area (Å²) in [5.74, 6) is 0.150. The van der Waals surface area contributed by atoms with Crippen molar-refractivity contribution in [2.24, 2.45) is 5.92 Å². The molecule has 0 radical (unpaired) electrons. The molecule has 0 fully saturated rings. The number of fused-ring (bicyclic) bond motifs is 1. The van der Waals surface area contributed by atoms with Gasteiger partial charge in [-0.1, -0.05) is 0 Å². The molecule has 0 aliphatic carbocycles. The average molecular weight is 374 g/mol. The van der Waals surface area contributed by atoms with Crippen LogP contribution in [-0.4, -0.2) is 34.2 Å². The molecule has 6 nitrogen and oxygen atoms in total. The third-order valence-electron chi connectivity index (χ3n) is 4.10. The van der Waals surface area contributed by atoms with Crippen molar-refractivity contribution in [2.75, 3.05) is 19.0 Å². The van der Waals surface area contributed by atoms with Crippen molar-refractivity contribution < 1.29 is 22.7 Å². The lowest BCUT2D eigenvalue weighted by Crippen LogP contribution is -2.25. The molecule has 0 aromatic carbocycles. The Bertz CT molecular complexity index is 784. The normalized spacial score (nSPS) is 17.2. The van der Waals surface area contributed by atoms with Gasteiger partial charge in [-0.15, -0.1) is 11.3 Å². The van der Waals surface area contributed by atoms with E-state index >= 15 is 0 Å². The fraction of sp³-hybridized carbons (Fsp3) is 0.533. The molecule has 2 aromatic rings. The molecule has 2 aromatic heterocycles. The van der Waals surface area contributed by atoms with Gasteiger partial charge in [0.1, 0.15) is 5.82 Å². The third-order valence-corrected chi connectivity index (χ3v) is 5.03. The molecule has 3 rings (SSSR count). The molecule has 1 aliphatic rings. The van der Waals surface area contributed by atoms with Crippen LogP contribution in [0, 0.1) is 12.8 Å². The Kier molecular flexibility index (Phi) is 4.72. The number of aryl methyl sites for hydroxylation is 2. The maximum atomic E-state index is 12.7. The topological polar surface area (TPSA) is 69.0 Å². The van der Waals surface area contributed by atoms with E-state index in [1.807, 2.05) is 0 Å². The Morgan fingerprint density at radius 3 is 2.92 bits per heavy atom. The lowest BCUT2D eigenvalue weighted by atomic mass is 9.99. The average Bonchev–Trinajstić information content (AvgIpc) is 3.14. The second-order valence-corrected chi connectivity index (χ2v) is 7.10. The number of imidazole rings is 1. The number of anilines is 1. The number of carbonyl (C=O) groups excluding carboxylic acids is 1. The summed E-state index contributed by atoms with van der Waals surface area (Å²) in [6.07, 6.45) is -2.09. The number of carbonyl (C=O) groups is 1. The summed E-state index contributed by atoms with van der Waals surface area (Å²) in [4.78, 5) is 20.2. The lowest BCUT2D eigenvalue weighted by molar-refractivity contribution is -0.141. The standard InChI is InChI=1S/C15H17F3N4O2S/c1-8-12(13(23)24-2)21-14(25-8)19-5-9-3-4-11-20-10(15(16,17)18)7-22(11)6-9/h7,9H,3-6H2,1-2H3,(H,19,21)/t9-/m0/s1. The highest BCUT2D eigenvalue weighted by Crippen LogP contribution is 2.31. The van der Waals surface area contributed by atoms with E-state index in [1.54, 1.807) is 11.5 Å². The highest BCUT2D eigenvalue weighted by Gasteiger charge is 2.35. The summed E-state index contributed by atoms with van der Waals surface area (Å²) in [6.45, 7) is 2.82. The van der Waals surface area contributed by atoms with Crippen LogP contribution >= 0.6 is 11.3 Å². The molecule has 136 valence electrons. The van der Waals surface area contributed by atoms with E-state index in [9.17, 15) is 18.0 Å². The summed E-state index contributed by atoms with van der Waals surface area (Å²) in [5, 5.41) is 3.77. The number of halogens is 3. The first-order chi connectivity index (χ1) is 11.8. The third kappa shape index (κ3) is 3.78. The Morgan fingerprint density at radius 2 is 2.24 bits per heavy atom. The number of nitrogens with one attached hydrogen (secondary N) is 1. The minimum absolute atomic E-state index is 0.161. The van der Waals surface area contributed by atoms with E-state index in [2.05, 4.69) is 20.0 Å². The fourth-order valence-electron chi connectivity index (χ4n) is 2.81. The van der Waals surface area contributed by atoms with Gasteiger partial charge in [0.05, 0.1) is 7.11 Å². The van der Waals surface area contributed by atoms with Crippen LogP contribution in [0.1, 0.15) is 33.3 Å². The number of nitrogens with zero attached hydrogens (tertiary/aromatic N) is 3. The molecule has 0 spiro atoms. The van der Waals surface area contributed by atoms with Crippen LogP contribution in [0.25, 0.3) is 0 Å². The largest absolute Gasteiger partial charge is 0.464 e. The highest BCUT2D eigenvalue weighted by atomic mass is 32.1. The SMILES string of the molecule is COC(=O)c1nc(NC[C@@H]2CCc3nc(C(F)(F)F)cn3C2)sc1C. The van der Waals surface area contributed by atoms with Crippen molar-refractivity contribution in [3.05, 3.63) is 28.3 Å². The van der Waals surface area contributed by atoms with Crippen LogP contribution in [0.4, 0.5) is 18.3 Å². The fourth-order valence-corrected chi connectivity index (χ4v) is 3.62. The summed E-state index contributed by atoms with van der Waals surface area (Å²) in [7, 11) is 1.30. The van der Waals surface area contributed by atoms with Gasteiger partial charge >= 0.3 is 12.1 Å². The van der Waals surface area contributed by atoms with Gasteiger partial charge in [-0.3, -0.25) is 0 Å². The molecule has 1 atom stereocenters. The molecule has 10 heteroatoms. The van der Waals surface area contributed by atoms with Crippen LogP contribution in [0.3, 0.4) is 0 Å². The minimum atomic E-state index is -4.42. The van der Waals surface area contributed by atoms with E-state index in [0.717, 1.165) is 17.5 Å². The Hall–Kier alpha value is -2.10. The van der Waals surface area contributed by atoms with Gasteiger partial charge in [-0.05, 0) is 19.3 Å². The second-order valence-electron chi connectivity index (χ2n) is 5.89. The number of hydrogen-bond donors (Lipinski definition) is 1. The predicted molar refractivity (Wildman–Crippen MR) is 85.7 cm³/mol. The van der Waals surface area contributed by atoms with E-state index in [1.165, 1.54) is 18.4 Å². The lowest BCUT2D eigenvalue weighted by Gasteiger charge is -2.23. The van der Waals surface area contributed by atoms with Crippen LogP contribution < -0.4 is 5.32 Å². The number of alkyl halides is 3. The van der Waals surface area contributed by atoms with Gasteiger partial charge in [0.15, 0.2) is 16.5 Å². The van der Waals surface area contributed by atoms with Crippen molar-refractivity contribution in [1.29, 1.82) is 0 Å². The van der Waals surface area contributed by atoms with Crippen LogP contribution in [0.2, 0.25) is 0 Å². The van der Waals surface area contributed by atoms with Crippen LogP contribution in [-0.2, 0) is 23.9 Å². The molecule has 0 amide bonds. The van der Waals surface area contributed by atoms with Gasteiger partial charge in [0.25, 0.3) is 0 Å². The predicted octanol–water partition coefficient (Wildman–Crippen LogP) is 3.13. The zero-order valence-electron chi connectivity index (χ0n) is 13.7. The number of hydrogen-bond acceptors (Lipinski definition) is 6. The summed E-state index contributed by atoms with van der Waals surface area (Å²) in [6, 6.07) is 0. The van der Waals surface area contributed by atoms with E-state index in [0.29, 0.717) is 30.5 Å². The van der Waals surface area contributed by atoms with Gasteiger partial charge in [0, 0.05) is 30.6 Å². The Morgan fingerprint density at radius 1 is 1.48 bits per heavy atom. The molecule has 1 N–H and O–H groups in total. The molecule has 0 bridgehead atoms. The van der Waals surface area contributed by atoms with Crippen molar-refractivity contribution in [3.8, 4) is 0 Å². The second kappa shape index (κ2) is 6.66. The number of esters is 1. The van der Waals surface area contributed by atoms with Crippen molar-refractivity contribution in [1.82, 2.24) is 14.5 Å². The first-order valence-electron chi connectivity index (χ1n) is 7.70. The van der Waals surface area contributed by atoms with Gasteiger partial charge in [-0.25, -0.2) is 14.8 Å². The smallest absolute Gasteiger partial charge is 0.434 e. The summed E-state index contributed by atoms with van der Waals surface area (Å²) < 4.78 is 44.5. The van der Waals surface area contributed by atoms with E-state index in [-0.39, 0.29) is 11.6 Å². The molecule has 0 unspecified atom stereocenters. The Balaban J connectivity index is 1.62. The maximum Gasteiger partial charge on any atom is 0.434 e. The van der Waals surface area contributed by atoms with Crippen molar-refractivity contribution in [2.45, 2.75) is 32.5 Å². The zero-order chi connectivity index (χ0) is 18.2. The van der Waals surface area contributed by atoms with Gasteiger partial charge < -0.3 is 14.6 Å². The van der Waals surface area contributed by atoms with Crippen LogP contribution in [0.5, 0.6) is 0 Å². The monoisotopic (exact) mass is 374 g/mol. The maximum absolute atomic E-state index is 12.7. The van der Waals surface area contributed by atoms with Gasteiger partial charge in [0.2, 0.25) is 0 Å². The molecule has 1 aliphatic heterocycles. The van der Waals surface area contributed by atoms with Crippen LogP contribution in [0.15, 0.2) is 6.20 Å². The minimum Gasteiger partial charge on any atom is -0.464 e. The number of rotatable bonds is 4. The number of methoxy groups -OCH3 is 1. The first kappa shape index (κ1) is 17.7. The van der Waals surface area contributed by atoms with Crippen molar-refractivity contribution in [3.63, 3.8) is 0 Å². The molecule has 25 heavy (non-hydrogen) atoms. The molecule has 0 saturated carbocycles. The van der Waals surface area contributed by atoms with Gasteiger partial charge in [-0.2, -0.15) is 13.2 Å². The molecular formula is C15H17F3N4O2S. The molecular weight excluding hydrogens is 357 g/mol. The Labute approximate surface area is 146 Å². The summed E-state index contributed by atoms with van der Waals surface area (Å²) >= 11 is 1.35. The zero-order valence-corrected chi connectivity index (χ0v) is 14.5. The van der Waals surface area contributed by atoms with E-state index < -0.39 is 17.8 Å².